The average Bonchev–Trinajstić information content (AvgIpc) is 2.67. The zero-order chi connectivity index (χ0) is 9.97. The standard InChI is InChI=1S/C11H11FN2/c1-2-9-7-8-14(13-9)11-6-4-3-5-10(11)12/h3-8H,2H2,1H3. The molecule has 1 aromatic carbocycles. The number of para-hydroxylation sites is 1. The second kappa shape index (κ2) is 3.62. The van der Waals surface area contributed by atoms with Gasteiger partial charge in [-0.3, -0.25) is 0 Å². The second-order valence-electron chi connectivity index (χ2n) is 3.06. The molecule has 0 spiro atoms. The van der Waals surface area contributed by atoms with Gasteiger partial charge in [0.15, 0.2) is 0 Å². The summed E-state index contributed by atoms with van der Waals surface area (Å²) in [7, 11) is 0. The predicted molar refractivity (Wildman–Crippen MR) is 52.9 cm³/mol. The Hall–Kier alpha value is -1.64. The molecule has 3 heteroatoms. The van der Waals surface area contributed by atoms with Crippen LogP contribution in [-0.4, -0.2) is 9.78 Å². The fraction of sp³-hybridized carbons (Fsp3) is 0.182. The molecule has 0 aliphatic rings. The molecule has 0 aliphatic heterocycles. The van der Waals surface area contributed by atoms with Crippen LogP contribution in [0.25, 0.3) is 5.69 Å². The van der Waals surface area contributed by atoms with Crippen molar-refractivity contribution in [3.8, 4) is 5.69 Å². The summed E-state index contributed by atoms with van der Waals surface area (Å²) < 4.78 is 14.9. The molecule has 2 aromatic rings. The van der Waals surface area contributed by atoms with E-state index in [0.29, 0.717) is 5.69 Å². The number of halogens is 1. The molecule has 14 heavy (non-hydrogen) atoms. The Labute approximate surface area is 82.0 Å². The summed E-state index contributed by atoms with van der Waals surface area (Å²) in [6.45, 7) is 2.02. The van der Waals surface area contributed by atoms with Crippen LogP contribution >= 0.6 is 0 Å². The third-order valence-electron chi connectivity index (χ3n) is 2.11. The van der Waals surface area contributed by atoms with Crippen LogP contribution in [0.5, 0.6) is 0 Å². The van der Waals surface area contributed by atoms with Gasteiger partial charge in [-0.15, -0.1) is 0 Å². The molecule has 0 atom stereocenters. The zero-order valence-electron chi connectivity index (χ0n) is 7.94. The van der Waals surface area contributed by atoms with E-state index in [4.69, 9.17) is 0 Å². The lowest BCUT2D eigenvalue weighted by Gasteiger charge is -2.01. The summed E-state index contributed by atoms with van der Waals surface area (Å²) in [5, 5.41) is 4.24. The third kappa shape index (κ3) is 1.53. The molecule has 2 rings (SSSR count). The van der Waals surface area contributed by atoms with E-state index in [1.165, 1.54) is 6.07 Å². The van der Waals surface area contributed by atoms with Crippen LogP contribution in [0.3, 0.4) is 0 Å². The molecule has 0 aliphatic carbocycles. The van der Waals surface area contributed by atoms with Gasteiger partial charge in [-0.1, -0.05) is 19.1 Å². The summed E-state index contributed by atoms with van der Waals surface area (Å²) in [5.74, 6) is -0.252. The largest absolute Gasteiger partial charge is 0.238 e. The van der Waals surface area contributed by atoms with Gasteiger partial charge in [0.1, 0.15) is 11.5 Å². The fourth-order valence-electron chi connectivity index (χ4n) is 1.32. The van der Waals surface area contributed by atoms with Crippen LogP contribution in [0, 0.1) is 5.82 Å². The number of hydrogen-bond acceptors (Lipinski definition) is 1. The first-order valence-corrected chi connectivity index (χ1v) is 4.60. The minimum absolute atomic E-state index is 0.252. The molecule has 0 fully saturated rings. The van der Waals surface area contributed by atoms with Crippen LogP contribution in [-0.2, 0) is 6.42 Å². The summed E-state index contributed by atoms with van der Waals surface area (Å²) >= 11 is 0. The number of hydrogen-bond donors (Lipinski definition) is 0. The Bertz CT molecular complexity index is 434. The predicted octanol–water partition coefficient (Wildman–Crippen LogP) is 2.57. The van der Waals surface area contributed by atoms with Crippen molar-refractivity contribution in [2.24, 2.45) is 0 Å². The summed E-state index contributed by atoms with van der Waals surface area (Å²) in [5.41, 5.74) is 1.46. The highest BCUT2D eigenvalue weighted by atomic mass is 19.1. The van der Waals surface area contributed by atoms with Crippen molar-refractivity contribution in [3.05, 3.63) is 48.0 Å². The first-order valence-electron chi connectivity index (χ1n) is 4.60. The van der Waals surface area contributed by atoms with Gasteiger partial charge in [-0.2, -0.15) is 5.10 Å². The SMILES string of the molecule is CCc1ccn(-c2ccccc2F)n1. The molecule has 0 unspecified atom stereocenters. The van der Waals surface area contributed by atoms with Crippen molar-refractivity contribution in [2.75, 3.05) is 0 Å². The maximum Gasteiger partial charge on any atom is 0.148 e. The molecular weight excluding hydrogens is 179 g/mol. The van der Waals surface area contributed by atoms with Crippen molar-refractivity contribution >= 4 is 0 Å². The number of nitrogens with zero attached hydrogens (tertiary/aromatic N) is 2. The topological polar surface area (TPSA) is 17.8 Å². The quantitative estimate of drug-likeness (QED) is 0.711. The summed E-state index contributed by atoms with van der Waals surface area (Å²) in [4.78, 5) is 0. The molecule has 72 valence electrons. The van der Waals surface area contributed by atoms with E-state index in [2.05, 4.69) is 5.10 Å². The Morgan fingerprint density at radius 2 is 2.07 bits per heavy atom. The fourth-order valence-corrected chi connectivity index (χ4v) is 1.32. The number of benzene rings is 1. The van der Waals surface area contributed by atoms with Crippen LogP contribution in [0.4, 0.5) is 4.39 Å². The van der Waals surface area contributed by atoms with E-state index in [9.17, 15) is 4.39 Å². The van der Waals surface area contributed by atoms with Gasteiger partial charge in [0.2, 0.25) is 0 Å². The monoisotopic (exact) mass is 190 g/mol. The Morgan fingerprint density at radius 1 is 1.29 bits per heavy atom. The maximum absolute atomic E-state index is 13.3. The zero-order valence-corrected chi connectivity index (χ0v) is 7.94. The summed E-state index contributed by atoms with van der Waals surface area (Å²) in [6, 6.07) is 8.51. The van der Waals surface area contributed by atoms with Gasteiger partial charge in [-0.25, -0.2) is 9.07 Å². The lowest BCUT2D eigenvalue weighted by Crippen LogP contribution is -1.98. The Morgan fingerprint density at radius 3 is 2.71 bits per heavy atom. The Kier molecular flexibility index (Phi) is 2.31. The van der Waals surface area contributed by atoms with Gasteiger partial charge in [0.25, 0.3) is 0 Å². The van der Waals surface area contributed by atoms with Crippen LogP contribution < -0.4 is 0 Å². The Balaban J connectivity index is 2.44. The number of rotatable bonds is 2. The van der Waals surface area contributed by atoms with E-state index in [-0.39, 0.29) is 5.82 Å². The minimum atomic E-state index is -0.252. The molecule has 2 nitrogen and oxygen atoms in total. The molecule has 0 bridgehead atoms. The molecule has 0 radical (unpaired) electrons. The lowest BCUT2D eigenvalue weighted by molar-refractivity contribution is 0.610. The van der Waals surface area contributed by atoms with Crippen LogP contribution in [0.2, 0.25) is 0 Å². The smallest absolute Gasteiger partial charge is 0.148 e. The highest BCUT2D eigenvalue weighted by Crippen LogP contribution is 2.11. The van der Waals surface area contributed by atoms with Crippen LogP contribution in [0.15, 0.2) is 36.5 Å². The van der Waals surface area contributed by atoms with Gasteiger partial charge < -0.3 is 0 Å². The molecule has 0 amide bonds. The van der Waals surface area contributed by atoms with Gasteiger partial charge in [0, 0.05) is 6.20 Å². The van der Waals surface area contributed by atoms with Crippen LogP contribution in [0.1, 0.15) is 12.6 Å². The average molecular weight is 190 g/mol. The number of aromatic nitrogens is 2. The lowest BCUT2D eigenvalue weighted by atomic mass is 10.3. The van der Waals surface area contributed by atoms with E-state index in [1.54, 1.807) is 29.1 Å². The van der Waals surface area contributed by atoms with Crippen molar-refractivity contribution < 1.29 is 4.39 Å². The second-order valence-corrected chi connectivity index (χ2v) is 3.06. The highest BCUT2D eigenvalue weighted by molar-refractivity contribution is 5.32. The van der Waals surface area contributed by atoms with E-state index >= 15 is 0 Å². The molecule has 0 N–H and O–H groups in total. The third-order valence-corrected chi connectivity index (χ3v) is 2.11. The van der Waals surface area contributed by atoms with E-state index in [0.717, 1.165) is 12.1 Å². The minimum Gasteiger partial charge on any atom is -0.238 e. The maximum atomic E-state index is 13.3. The molecule has 1 heterocycles. The molecule has 1 aromatic heterocycles. The normalized spacial score (nSPS) is 10.4. The molecular formula is C11H11FN2. The van der Waals surface area contributed by atoms with Crippen molar-refractivity contribution in [3.63, 3.8) is 0 Å². The van der Waals surface area contributed by atoms with Crippen molar-refractivity contribution in [1.82, 2.24) is 9.78 Å². The highest BCUT2D eigenvalue weighted by Gasteiger charge is 2.03. The number of aryl methyl sites for hydroxylation is 1. The molecule has 0 saturated heterocycles. The first-order chi connectivity index (χ1) is 6.81. The van der Waals surface area contributed by atoms with Crippen molar-refractivity contribution in [1.29, 1.82) is 0 Å². The van der Waals surface area contributed by atoms with Gasteiger partial charge in [-0.05, 0) is 24.6 Å². The van der Waals surface area contributed by atoms with Crippen molar-refractivity contribution in [2.45, 2.75) is 13.3 Å². The first kappa shape index (κ1) is 8.94. The van der Waals surface area contributed by atoms with E-state index in [1.807, 2.05) is 13.0 Å². The summed E-state index contributed by atoms with van der Waals surface area (Å²) in [6.07, 6.45) is 2.64. The molecule has 0 saturated carbocycles. The van der Waals surface area contributed by atoms with Gasteiger partial charge >= 0.3 is 0 Å². The van der Waals surface area contributed by atoms with Gasteiger partial charge in [0.05, 0.1) is 5.69 Å². The van der Waals surface area contributed by atoms with E-state index < -0.39 is 0 Å².